The van der Waals surface area contributed by atoms with E-state index in [0.717, 1.165) is 12.8 Å². The second-order valence-corrected chi connectivity index (χ2v) is 8.17. The van der Waals surface area contributed by atoms with Gasteiger partial charge in [0.15, 0.2) is 0 Å². The molecule has 2 atom stereocenters. The summed E-state index contributed by atoms with van der Waals surface area (Å²) in [7, 11) is -3.28. The molecule has 0 aromatic rings. The van der Waals surface area contributed by atoms with Crippen molar-refractivity contribution >= 4 is 10.0 Å². The van der Waals surface area contributed by atoms with Gasteiger partial charge in [0.05, 0.1) is 11.4 Å². The lowest BCUT2D eigenvalue weighted by Crippen LogP contribution is -2.38. The van der Waals surface area contributed by atoms with Gasteiger partial charge >= 0.3 is 0 Å². The molecule has 0 radical (unpaired) electrons. The van der Waals surface area contributed by atoms with E-state index in [1.165, 1.54) is 0 Å². The molecule has 0 aliphatic heterocycles. The summed E-state index contributed by atoms with van der Waals surface area (Å²) in [5.41, 5.74) is 0. The quantitative estimate of drug-likeness (QED) is 0.608. The fourth-order valence-corrected chi connectivity index (χ4v) is 3.89. The van der Waals surface area contributed by atoms with Crippen LogP contribution in [0.2, 0.25) is 0 Å². The lowest BCUT2D eigenvalue weighted by atomic mass is 10.0. The average Bonchev–Trinajstić information content (AvgIpc) is 2.23. The highest BCUT2D eigenvalue weighted by atomic mass is 32.2. The highest BCUT2D eigenvalue weighted by Gasteiger charge is 2.28. The van der Waals surface area contributed by atoms with Gasteiger partial charge in [-0.3, -0.25) is 0 Å². The number of aliphatic hydroxyl groups is 1. The van der Waals surface area contributed by atoms with E-state index >= 15 is 0 Å². The molecule has 2 N–H and O–H groups in total. The second kappa shape index (κ2) is 8.93. The maximum Gasteiger partial charge on any atom is 0.214 e. The van der Waals surface area contributed by atoms with Crippen molar-refractivity contribution in [1.29, 1.82) is 0 Å². The summed E-state index contributed by atoms with van der Waals surface area (Å²) in [5, 5.41) is 8.89. The normalized spacial score (nSPS) is 16.0. The number of aliphatic hydroxyl groups excluding tert-OH is 1. The third kappa shape index (κ3) is 8.60. The summed E-state index contributed by atoms with van der Waals surface area (Å²) in [5.74, 6) is 0.655. The number of hydrogen-bond acceptors (Lipinski definition) is 3. The summed E-state index contributed by atoms with van der Waals surface area (Å²) in [6, 6.07) is 0. The molecule has 0 amide bonds. The second-order valence-electron chi connectivity index (χ2n) is 6.18. The minimum atomic E-state index is -3.28. The fraction of sp³-hybridized carbons (Fsp3) is 1.00. The molecule has 19 heavy (non-hydrogen) atoms. The topological polar surface area (TPSA) is 66.4 Å². The van der Waals surface area contributed by atoms with Gasteiger partial charge < -0.3 is 5.11 Å². The molecule has 116 valence electrons. The van der Waals surface area contributed by atoms with E-state index in [1.54, 1.807) is 6.92 Å². The van der Waals surface area contributed by atoms with Gasteiger partial charge in [-0.25, -0.2) is 13.1 Å². The average molecular weight is 293 g/mol. The maximum absolute atomic E-state index is 12.2. The largest absolute Gasteiger partial charge is 0.393 e. The van der Waals surface area contributed by atoms with Crippen LogP contribution in [-0.4, -0.2) is 31.4 Å². The Morgan fingerprint density at radius 1 is 1.00 bits per heavy atom. The minimum Gasteiger partial charge on any atom is -0.393 e. The first-order valence-corrected chi connectivity index (χ1v) is 8.88. The van der Waals surface area contributed by atoms with Crippen molar-refractivity contribution in [1.82, 2.24) is 4.72 Å². The van der Waals surface area contributed by atoms with E-state index < -0.39 is 21.4 Å². The van der Waals surface area contributed by atoms with Gasteiger partial charge in [-0.1, -0.05) is 27.7 Å². The highest BCUT2D eigenvalue weighted by Crippen LogP contribution is 2.18. The Hall–Kier alpha value is -0.130. The molecule has 0 fully saturated rings. The summed E-state index contributed by atoms with van der Waals surface area (Å²) in [6.07, 6.45) is 2.49. The van der Waals surface area contributed by atoms with Crippen LogP contribution in [0.4, 0.5) is 0 Å². The summed E-state index contributed by atoms with van der Waals surface area (Å²) in [6.45, 7) is 10.3. The smallest absolute Gasteiger partial charge is 0.214 e. The SMILES string of the molecule is CC(C)CCCNS(=O)(=O)C(CCC(C)O)C(C)C. The van der Waals surface area contributed by atoms with E-state index in [4.69, 9.17) is 0 Å². The molecule has 0 saturated heterocycles. The Bertz CT molecular complexity index is 324. The van der Waals surface area contributed by atoms with E-state index in [-0.39, 0.29) is 5.92 Å². The van der Waals surface area contributed by atoms with Crippen molar-refractivity contribution in [3.05, 3.63) is 0 Å². The third-order valence-electron chi connectivity index (χ3n) is 3.27. The van der Waals surface area contributed by atoms with Crippen LogP contribution in [-0.2, 0) is 10.0 Å². The first-order chi connectivity index (χ1) is 8.66. The predicted molar refractivity (Wildman–Crippen MR) is 80.5 cm³/mol. The van der Waals surface area contributed by atoms with Gasteiger partial charge in [-0.05, 0) is 44.4 Å². The summed E-state index contributed by atoms with van der Waals surface area (Å²) >= 11 is 0. The fourth-order valence-electron chi connectivity index (χ4n) is 2.08. The van der Waals surface area contributed by atoms with E-state index in [1.807, 2.05) is 13.8 Å². The molecule has 0 saturated carbocycles. The molecule has 0 aromatic carbocycles. The Morgan fingerprint density at radius 3 is 2.00 bits per heavy atom. The van der Waals surface area contributed by atoms with Crippen LogP contribution in [0.25, 0.3) is 0 Å². The zero-order valence-corrected chi connectivity index (χ0v) is 13.8. The van der Waals surface area contributed by atoms with Crippen molar-refractivity contribution in [2.75, 3.05) is 6.54 Å². The molecule has 0 heterocycles. The molecule has 0 aromatic heterocycles. The summed E-state index contributed by atoms with van der Waals surface area (Å²) < 4.78 is 27.2. The van der Waals surface area contributed by atoms with Crippen LogP contribution in [0, 0.1) is 11.8 Å². The zero-order valence-electron chi connectivity index (χ0n) is 13.0. The third-order valence-corrected chi connectivity index (χ3v) is 5.46. The van der Waals surface area contributed by atoms with E-state index in [0.29, 0.717) is 25.3 Å². The van der Waals surface area contributed by atoms with Gasteiger partial charge in [0.25, 0.3) is 0 Å². The Kier molecular flexibility index (Phi) is 8.86. The molecular weight excluding hydrogens is 262 g/mol. The first-order valence-electron chi connectivity index (χ1n) is 7.33. The molecule has 4 nitrogen and oxygen atoms in total. The van der Waals surface area contributed by atoms with Gasteiger partial charge in [0.1, 0.15) is 0 Å². The number of nitrogens with one attached hydrogen (secondary N) is 1. The zero-order chi connectivity index (χ0) is 15.1. The molecular formula is C14H31NO3S. The summed E-state index contributed by atoms with van der Waals surface area (Å²) in [4.78, 5) is 0. The van der Waals surface area contributed by atoms with Crippen LogP contribution in [0.15, 0.2) is 0 Å². The lowest BCUT2D eigenvalue weighted by Gasteiger charge is -2.22. The lowest BCUT2D eigenvalue weighted by molar-refractivity contribution is 0.179. The molecule has 0 aliphatic rings. The van der Waals surface area contributed by atoms with Crippen LogP contribution in [0.1, 0.15) is 60.3 Å². The van der Waals surface area contributed by atoms with Crippen molar-refractivity contribution < 1.29 is 13.5 Å². The van der Waals surface area contributed by atoms with Gasteiger partial charge in [0.2, 0.25) is 10.0 Å². The van der Waals surface area contributed by atoms with Gasteiger partial charge in [-0.2, -0.15) is 0 Å². The van der Waals surface area contributed by atoms with Gasteiger partial charge in [0, 0.05) is 6.54 Å². The van der Waals surface area contributed by atoms with Crippen molar-refractivity contribution in [3.63, 3.8) is 0 Å². The number of hydrogen-bond donors (Lipinski definition) is 2. The molecule has 5 heteroatoms. The van der Waals surface area contributed by atoms with Crippen molar-refractivity contribution in [3.8, 4) is 0 Å². The Balaban J connectivity index is 4.37. The van der Waals surface area contributed by atoms with Gasteiger partial charge in [-0.15, -0.1) is 0 Å². The molecule has 2 unspecified atom stereocenters. The predicted octanol–water partition coefficient (Wildman–Crippen LogP) is 2.53. The Morgan fingerprint density at radius 2 is 1.58 bits per heavy atom. The minimum absolute atomic E-state index is 0.0568. The molecule has 0 rings (SSSR count). The van der Waals surface area contributed by atoms with E-state index in [2.05, 4.69) is 18.6 Å². The Labute approximate surface area is 119 Å². The first kappa shape index (κ1) is 18.9. The van der Waals surface area contributed by atoms with Crippen LogP contribution in [0.3, 0.4) is 0 Å². The monoisotopic (exact) mass is 293 g/mol. The number of rotatable bonds is 10. The molecule has 0 spiro atoms. The van der Waals surface area contributed by atoms with Crippen molar-refractivity contribution in [2.24, 2.45) is 11.8 Å². The standard InChI is InChI=1S/C14H31NO3S/c1-11(2)7-6-10-15-19(17,18)14(12(3)4)9-8-13(5)16/h11-16H,6-10H2,1-5H3. The highest BCUT2D eigenvalue weighted by molar-refractivity contribution is 7.90. The van der Waals surface area contributed by atoms with Crippen LogP contribution < -0.4 is 4.72 Å². The molecule has 0 bridgehead atoms. The van der Waals surface area contributed by atoms with Crippen molar-refractivity contribution in [2.45, 2.75) is 71.7 Å². The maximum atomic E-state index is 12.2. The number of sulfonamides is 1. The van der Waals surface area contributed by atoms with E-state index in [9.17, 15) is 13.5 Å². The van der Waals surface area contributed by atoms with Crippen LogP contribution >= 0.6 is 0 Å². The molecule has 0 aliphatic carbocycles. The van der Waals surface area contributed by atoms with Crippen LogP contribution in [0.5, 0.6) is 0 Å².